The van der Waals surface area contributed by atoms with Crippen molar-refractivity contribution in [2.24, 2.45) is 5.92 Å². The van der Waals surface area contributed by atoms with Gasteiger partial charge in [-0.1, -0.05) is 13.3 Å². The van der Waals surface area contributed by atoms with E-state index >= 15 is 0 Å². The molecule has 3 aliphatic rings. The van der Waals surface area contributed by atoms with Crippen LogP contribution in [0.4, 0.5) is 18.0 Å². The number of hydrogen-bond acceptors (Lipinski definition) is 4. The average Bonchev–Trinajstić information content (AvgIpc) is 3.35. The van der Waals surface area contributed by atoms with Gasteiger partial charge in [-0.3, -0.25) is 14.5 Å². The Balaban J connectivity index is 1.43. The molecule has 0 spiro atoms. The second-order valence-corrected chi connectivity index (χ2v) is 9.99. The third-order valence-corrected chi connectivity index (χ3v) is 7.92. The van der Waals surface area contributed by atoms with Gasteiger partial charge >= 0.3 is 6.03 Å². The van der Waals surface area contributed by atoms with Gasteiger partial charge in [-0.25, -0.2) is 18.0 Å². The van der Waals surface area contributed by atoms with E-state index < -0.39 is 34.5 Å². The highest BCUT2D eigenvalue weighted by molar-refractivity contribution is 6.07. The molecule has 4 amide bonds. The minimum Gasteiger partial charge on any atom is -0.339 e. The highest BCUT2D eigenvalue weighted by atomic mass is 19.2. The number of hydrogen-bond donors (Lipinski definition) is 1. The van der Waals surface area contributed by atoms with E-state index in [1.54, 1.807) is 0 Å². The summed E-state index contributed by atoms with van der Waals surface area (Å²) in [6.07, 6.45) is 4.98. The Morgan fingerprint density at radius 3 is 2.37 bits per heavy atom. The quantitative estimate of drug-likeness (QED) is 0.465. The minimum atomic E-state index is -1.35. The molecular weight excluding hydrogens is 461 g/mol. The summed E-state index contributed by atoms with van der Waals surface area (Å²) >= 11 is 0. The number of urea groups is 1. The van der Waals surface area contributed by atoms with Gasteiger partial charge in [0.05, 0.1) is 5.56 Å². The van der Waals surface area contributed by atoms with Crippen molar-refractivity contribution in [1.82, 2.24) is 20.0 Å². The van der Waals surface area contributed by atoms with Crippen molar-refractivity contribution in [1.29, 1.82) is 0 Å². The molecule has 3 fully saturated rings. The van der Waals surface area contributed by atoms with Crippen LogP contribution >= 0.6 is 0 Å². The largest absolute Gasteiger partial charge is 0.339 e. The number of nitrogens with zero attached hydrogens (tertiary/aromatic N) is 3. The van der Waals surface area contributed by atoms with Crippen LogP contribution in [0.5, 0.6) is 0 Å². The predicted molar refractivity (Wildman–Crippen MR) is 123 cm³/mol. The summed E-state index contributed by atoms with van der Waals surface area (Å²) in [5, 5.41) is 2.99. The fourth-order valence-electron chi connectivity index (χ4n) is 5.95. The zero-order valence-electron chi connectivity index (χ0n) is 20.3. The Kier molecular flexibility index (Phi) is 7.40. The lowest BCUT2D eigenvalue weighted by Gasteiger charge is -2.41. The van der Waals surface area contributed by atoms with Crippen molar-refractivity contribution in [3.8, 4) is 0 Å². The van der Waals surface area contributed by atoms with E-state index in [0.29, 0.717) is 50.4 Å². The van der Waals surface area contributed by atoms with Gasteiger partial charge in [0, 0.05) is 31.7 Å². The monoisotopic (exact) mass is 494 g/mol. The minimum absolute atomic E-state index is 0.183. The summed E-state index contributed by atoms with van der Waals surface area (Å²) in [5.74, 6) is -4.85. The summed E-state index contributed by atoms with van der Waals surface area (Å²) in [6.45, 7) is 3.81. The van der Waals surface area contributed by atoms with Crippen molar-refractivity contribution in [3.05, 3.63) is 35.1 Å². The van der Waals surface area contributed by atoms with Crippen LogP contribution in [-0.4, -0.2) is 77.4 Å². The standard InChI is InChI=1S/C25H33F3N4O3/c1-3-9-25(23(34)32(24(35)29-25)13-8-17-5-4-10-30(17)2)16-6-11-31(12-7-16)22(33)18-14-20(27)21(28)15-19(18)26/h14-17H,3-13H2,1-2H3,(H,29,35)/t17-,25+/m1/s1. The van der Waals surface area contributed by atoms with Gasteiger partial charge in [0.15, 0.2) is 11.6 Å². The predicted octanol–water partition coefficient (Wildman–Crippen LogP) is 3.53. The molecule has 3 aliphatic heterocycles. The van der Waals surface area contributed by atoms with E-state index in [1.807, 2.05) is 6.92 Å². The molecule has 2 atom stereocenters. The van der Waals surface area contributed by atoms with Gasteiger partial charge in [-0.2, -0.15) is 0 Å². The number of likely N-dealkylation sites (tertiary alicyclic amines) is 2. The molecule has 1 N–H and O–H groups in total. The number of amides is 4. The first-order valence-corrected chi connectivity index (χ1v) is 12.5. The second kappa shape index (κ2) is 10.2. The Bertz CT molecular complexity index is 998. The molecule has 4 rings (SSSR count). The van der Waals surface area contributed by atoms with Gasteiger partial charge in [0.25, 0.3) is 11.8 Å². The van der Waals surface area contributed by atoms with Crippen LogP contribution in [0, 0.1) is 23.4 Å². The van der Waals surface area contributed by atoms with Gasteiger partial charge in [-0.05, 0) is 64.1 Å². The van der Waals surface area contributed by atoms with Crippen LogP contribution in [0.25, 0.3) is 0 Å². The highest BCUT2D eigenvalue weighted by Gasteiger charge is 2.55. The summed E-state index contributed by atoms with van der Waals surface area (Å²) in [5.41, 5.74) is -1.53. The summed E-state index contributed by atoms with van der Waals surface area (Å²) in [7, 11) is 2.06. The summed E-state index contributed by atoms with van der Waals surface area (Å²) in [6, 6.07) is 0.947. The van der Waals surface area contributed by atoms with Crippen molar-refractivity contribution >= 4 is 17.8 Å². The van der Waals surface area contributed by atoms with Gasteiger partial charge in [-0.15, -0.1) is 0 Å². The lowest BCUT2D eigenvalue weighted by Crippen LogP contribution is -2.56. The molecule has 192 valence electrons. The Labute approximate surface area is 203 Å². The number of carbonyl (C=O) groups excluding carboxylic acids is 3. The van der Waals surface area contributed by atoms with Gasteiger partial charge in [0.2, 0.25) is 0 Å². The molecule has 1 aromatic carbocycles. The third kappa shape index (κ3) is 4.77. The first-order valence-electron chi connectivity index (χ1n) is 12.5. The fourth-order valence-corrected chi connectivity index (χ4v) is 5.95. The molecule has 0 radical (unpaired) electrons. The molecular formula is C25H33F3N4O3. The molecule has 3 saturated heterocycles. The SMILES string of the molecule is CCC[C@@]1(C2CCN(C(=O)c3cc(F)c(F)cc3F)CC2)NC(=O)N(CC[C@H]2CCCN2C)C1=O. The molecule has 0 aromatic heterocycles. The van der Waals surface area contributed by atoms with Gasteiger partial charge in [0.1, 0.15) is 11.4 Å². The fraction of sp³-hybridized carbons (Fsp3) is 0.640. The van der Waals surface area contributed by atoms with E-state index in [4.69, 9.17) is 0 Å². The molecule has 0 bridgehead atoms. The summed E-state index contributed by atoms with van der Waals surface area (Å²) < 4.78 is 41.0. The highest BCUT2D eigenvalue weighted by Crippen LogP contribution is 2.38. The van der Waals surface area contributed by atoms with Crippen LogP contribution in [0.1, 0.15) is 62.2 Å². The van der Waals surface area contributed by atoms with E-state index in [-0.39, 0.29) is 30.9 Å². The zero-order chi connectivity index (χ0) is 25.3. The number of rotatable bonds is 7. The molecule has 10 heteroatoms. The molecule has 1 aromatic rings. The second-order valence-electron chi connectivity index (χ2n) is 9.99. The zero-order valence-corrected chi connectivity index (χ0v) is 20.3. The van der Waals surface area contributed by atoms with E-state index in [2.05, 4.69) is 17.3 Å². The molecule has 0 aliphatic carbocycles. The molecule has 0 unspecified atom stereocenters. The molecule has 3 heterocycles. The smallest absolute Gasteiger partial charge is 0.325 e. The number of piperidine rings is 1. The Morgan fingerprint density at radius 1 is 1.06 bits per heavy atom. The van der Waals surface area contributed by atoms with Crippen LogP contribution in [0.2, 0.25) is 0 Å². The van der Waals surface area contributed by atoms with Crippen LogP contribution < -0.4 is 5.32 Å². The van der Waals surface area contributed by atoms with Gasteiger partial charge < -0.3 is 15.1 Å². The maximum atomic E-state index is 14.1. The lowest BCUT2D eigenvalue weighted by atomic mass is 9.74. The third-order valence-electron chi connectivity index (χ3n) is 7.92. The Hall–Kier alpha value is -2.62. The van der Waals surface area contributed by atoms with Crippen molar-refractivity contribution in [2.75, 3.05) is 33.2 Å². The van der Waals surface area contributed by atoms with Crippen LogP contribution in [0.15, 0.2) is 12.1 Å². The number of benzene rings is 1. The van der Waals surface area contributed by atoms with Crippen LogP contribution in [-0.2, 0) is 4.79 Å². The number of carbonyl (C=O) groups is 3. The van der Waals surface area contributed by atoms with E-state index in [1.165, 1.54) is 9.80 Å². The first kappa shape index (κ1) is 25.5. The number of imide groups is 1. The number of halogens is 3. The normalized spacial score (nSPS) is 26.0. The van der Waals surface area contributed by atoms with Crippen LogP contribution in [0.3, 0.4) is 0 Å². The topological polar surface area (TPSA) is 73.0 Å². The lowest BCUT2D eigenvalue weighted by molar-refractivity contribution is -0.134. The van der Waals surface area contributed by atoms with Crippen molar-refractivity contribution in [2.45, 2.75) is 63.5 Å². The van der Waals surface area contributed by atoms with E-state index in [9.17, 15) is 27.6 Å². The molecule has 35 heavy (non-hydrogen) atoms. The molecule has 0 saturated carbocycles. The van der Waals surface area contributed by atoms with Crippen molar-refractivity contribution < 1.29 is 27.6 Å². The maximum Gasteiger partial charge on any atom is 0.325 e. The maximum absolute atomic E-state index is 14.1. The van der Waals surface area contributed by atoms with E-state index in [0.717, 1.165) is 25.8 Å². The first-order chi connectivity index (χ1) is 16.7. The Morgan fingerprint density at radius 2 is 1.74 bits per heavy atom. The molecule has 7 nitrogen and oxygen atoms in total. The average molecular weight is 495 g/mol. The van der Waals surface area contributed by atoms with Crippen molar-refractivity contribution in [3.63, 3.8) is 0 Å². The summed E-state index contributed by atoms with van der Waals surface area (Å²) in [4.78, 5) is 44.2. The number of nitrogens with one attached hydrogen (secondary N) is 1.